The lowest BCUT2D eigenvalue weighted by Gasteiger charge is -2.43. The van der Waals surface area contributed by atoms with Gasteiger partial charge in [0.1, 0.15) is 12.1 Å². The van der Waals surface area contributed by atoms with Gasteiger partial charge in [-0.2, -0.15) is 0 Å². The number of hydrogen-bond donors (Lipinski definition) is 3. The summed E-state index contributed by atoms with van der Waals surface area (Å²) in [5.41, 5.74) is -2.05. The number of rotatable bonds is 4. The molecule has 2 rings (SSSR count). The number of carbonyl (C=O) groups excluding carboxylic acids is 1. The van der Waals surface area contributed by atoms with Crippen molar-refractivity contribution < 1.29 is 33.8 Å². The second-order valence-corrected chi connectivity index (χ2v) is 7.92. The minimum Gasteiger partial charge on any atom is -0.480 e. The first kappa shape index (κ1) is 18.4. The molecule has 1 amide bonds. The lowest BCUT2D eigenvalue weighted by atomic mass is 9.88. The van der Waals surface area contributed by atoms with Gasteiger partial charge in [-0.15, -0.1) is 0 Å². The Morgan fingerprint density at radius 2 is 1.96 bits per heavy atom. The van der Waals surface area contributed by atoms with Crippen LogP contribution in [0.15, 0.2) is 30.3 Å². The topological polar surface area (TPSA) is 124 Å². The third-order valence-electron chi connectivity index (χ3n) is 4.28. The standard InChI is InChI=1S/C15H20NO7P/c1-15(13(17)18)9-12(24(20,21)22)7-8-16(15)14(19)23-10-11-5-3-2-4-6-11/h2-6,12H,7-10H2,1H3,(H,17,18)(H2,20,21,22). The Kier molecular flexibility index (Phi) is 5.32. The van der Waals surface area contributed by atoms with Gasteiger partial charge in [0.2, 0.25) is 0 Å². The monoisotopic (exact) mass is 357 g/mol. The second-order valence-electron chi connectivity index (χ2n) is 6.01. The van der Waals surface area contributed by atoms with Crippen molar-refractivity contribution in [2.24, 2.45) is 0 Å². The maximum atomic E-state index is 12.3. The molecule has 1 aromatic carbocycles. The number of carboxylic acid groups (broad SMARTS) is 1. The van der Waals surface area contributed by atoms with Gasteiger partial charge in [0, 0.05) is 6.54 Å². The molecule has 1 saturated heterocycles. The van der Waals surface area contributed by atoms with E-state index in [1.807, 2.05) is 6.07 Å². The molecule has 2 atom stereocenters. The summed E-state index contributed by atoms with van der Waals surface area (Å²) in [7, 11) is -4.42. The molecule has 1 fully saturated rings. The molecule has 24 heavy (non-hydrogen) atoms. The van der Waals surface area contributed by atoms with E-state index in [1.165, 1.54) is 6.92 Å². The molecule has 1 aliphatic rings. The molecule has 0 radical (unpaired) electrons. The van der Waals surface area contributed by atoms with E-state index >= 15 is 0 Å². The van der Waals surface area contributed by atoms with Gasteiger partial charge in [0.25, 0.3) is 0 Å². The summed E-state index contributed by atoms with van der Waals surface area (Å²) in [5, 5.41) is 9.48. The fourth-order valence-corrected chi connectivity index (χ4v) is 3.82. The molecule has 9 heteroatoms. The van der Waals surface area contributed by atoms with Crippen LogP contribution in [0.2, 0.25) is 0 Å². The van der Waals surface area contributed by atoms with Crippen molar-refractivity contribution in [2.75, 3.05) is 6.54 Å². The lowest BCUT2D eigenvalue weighted by Crippen LogP contribution is -2.60. The number of ether oxygens (including phenoxy) is 1. The summed E-state index contributed by atoms with van der Waals surface area (Å²) in [6, 6.07) is 8.93. The number of carboxylic acids is 1. The van der Waals surface area contributed by atoms with Crippen LogP contribution in [0.4, 0.5) is 4.79 Å². The van der Waals surface area contributed by atoms with E-state index < -0.39 is 30.9 Å². The average Bonchev–Trinajstić information content (AvgIpc) is 2.52. The number of piperidine rings is 1. The van der Waals surface area contributed by atoms with Crippen LogP contribution in [0.1, 0.15) is 25.3 Å². The highest BCUT2D eigenvalue weighted by Crippen LogP contribution is 2.49. The Balaban J connectivity index is 2.11. The van der Waals surface area contributed by atoms with Gasteiger partial charge in [-0.1, -0.05) is 30.3 Å². The molecular formula is C15H20NO7P. The van der Waals surface area contributed by atoms with Crippen molar-refractivity contribution in [3.8, 4) is 0 Å². The normalized spacial score (nSPS) is 24.5. The third kappa shape index (κ3) is 3.95. The van der Waals surface area contributed by atoms with E-state index in [0.29, 0.717) is 0 Å². The van der Waals surface area contributed by atoms with Crippen LogP contribution in [0.25, 0.3) is 0 Å². The first-order chi connectivity index (χ1) is 11.1. The lowest BCUT2D eigenvalue weighted by molar-refractivity contribution is -0.151. The van der Waals surface area contributed by atoms with Crippen LogP contribution in [0.3, 0.4) is 0 Å². The van der Waals surface area contributed by atoms with E-state index in [4.69, 9.17) is 4.74 Å². The van der Waals surface area contributed by atoms with Gasteiger partial charge in [0.15, 0.2) is 0 Å². The summed E-state index contributed by atoms with van der Waals surface area (Å²) in [6.45, 7) is 1.18. The minimum absolute atomic E-state index is 0.00616. The molecule has 3 N–H and O–H groups in total. The van der Waals surface area contributed by atoms with Crippen molar-refractivity contribution in [1.29, 1.82) is 0 Å². The van der Waals surface area contributed by atoms with Gasteiger partial charge in [-0.3, -0.25) is 9.46 Å². The average molecular weight is 357 g/mol. The van der Waals surface area contributed by atoms with Crippen molar-refractivity contribution in [2.45, 2.75) is 37.6 Å². The highest BCUT2D eigenvalue weighted by atomic mass is 31.2. The van der Waals surface area contributed by atoms with Gasteiger partial charge >= 0.3 is 19.7 Å². The zero-order valence-corrected chi connectivity index (χ0v) is 14.1. The fourth-order valence-electron chi connectivity index (χ4n) is 2.78. The summed E-state index contributed by atoms with van der Waals surface area (Å²) < 4.78 is 16.6. The number of likely N-dealkylation sites (tertiary alicyclic amines) is 1. The summed E-state index contributed by atoms with van der Waals surface area (Å²) in [5.74, 6) is -1.32. The molecule has 0 aromatic heterocycles. The molecular weight excluding hydrogens is 337 g/mol. The molecule has 0 spiro atoms. The number of aliphatic carboxylic acids is 1. The maximum Gasteiger partial charge on any atom is 0.411 e. The molecule has 1 aromatic rings. The smallest absolute Gasteiger partial charge is 0.411 e. The zero-order chi connectivity index (χ0) is 18.0. The molecule has 2 unspecified atom stereocenters. The van der Waals surface area contributed by atoms with Crippen LogP contribution < -0.4 is 0 Å². The van der Waals surface area contributed by atoms with Crippen molar-refractivity contribution in [3.05, 3.63) is 35.9 Å². The molecule has 1 heterocycles. The van der Waals surface area contributed by atoms with E-state index in [2.05, 4.69) is 0 Å². The molecule has 132 valence electrons. The van der Waals surface area contributed by atoms with Gasteiger partial charge < -0.3 is 19.6 Å². The van der Waals surface area contributed by atoms with Crippen molar-refractivity contribution >= 4 is 19.7 Å². The molecule has 8 nitrogen and oxygen atoms in total. The van der Waals surface area contributed by atoms with Gasteiger partial charge in [-0.05, 0) is 25.3 Å². The highest BCUT2D eigenvalue weighted by molar-refractivity contribution is 7.52. The SMILES string of the molecule is CC1(C(=O)O)CC(P(=O)(O)O)CCN1C(=O)OCc1ccccc1. The zero-order valence-electron chi connectivity index (χ0n) is 13.2. The van der Waals surface area contributed by atoms with E-state index in [1.54, 1.807) is 24.3 Å². The van der Waals surface area contributed by atoms with Crippen LogP contribution in [-0.4, -0.2) is 49.6 Å². The van der Waals surface area contributed by atoms with E-state index in [-0.39, 0.29) is 26.0 Å². The summed E-state index contributed by atoms with van der Waals surface area (Å²) >= 11 is 0. The third-order valence-corrected chi connectivity index (χ3v) is 5.67. The van der Waals surface area contributed by atoms with Crippen LogP contribution in [0, 0.1) is 0 Å². The Bertz CT molecular complexity index is 659. The summed E-state index contributed by atoms with van der Waals surface area (Å²) in [4.78, 5) is 43.6. The van der Waals surface area contributed by atoms with Gasteiger partial charge in [-0.25, -0.2) is 9.59 Å². The Morgan fingerprint density at radius 3 is 2.50 bits per heavy atom. The second kappa shape index (κ2) is 6.93. The minimum atomic E-state index is -4.42. The van der Waals surface area contributed by atoms with Gasteiger partial charge in [0.05, 0.1) is 5.66 Å². The van der Waals surface area contributed by atoms with Crippen LogP contribution in [-0.2, 0) is 20.7 Å². The predicted octanol–water partition coefficient (Wildman–Crippen LogP) is 1.81. The number of amides is 1. The number of carbonyl (C=O) groups is 2. The predicted molar refractivity (Wildman–Crippen MR) is 84.4 cm³/mol. The van der Waals surface area contributed by atoms with E-state index in [0.717, 1.165) is 10.5 Å². The van der Waals surface area contributed by atoms with Crippen molar-refractivity contribution in [1.82, 2.24) is 4.90 Å². The number of nitrogens with zero attached hydrogens (tertiary/aromatic N) is 1. The van der Waals surface area contributed by atoms with Crippen molar-refractivity contribution in [3.63, 3.8) is 0 Å². The molecule has 0 bridgehead atoms. The molecule has 1 aliphatic heterocycles. The first-order valence-corrected chi connectivity index (χ1v) is 9.09. The number of hydrogen-bond acceptors (Lipinski definition) is 4. The Morgan fingerprint density at radius 1 is 1.33 bits per heavy atom. The number of benzene rings is 1. The van der Waals surface area contributed by atoms with E-state index in [9.17, 15) is 29.0 Å². The maximum absolute atomic E-state index is 12.3. The fraction of sp³-hybridized carbons (Fsp3) is 0.467. The quantitative estimate of drug-likeness (QED) is 0.702. The highest BCUT2D eigenvalue weighted by Gasteiger charge is 2.51. The van der Waals surface area contributed by atoms with Crippen LogP contribution >= 0.6 is 7.60 Å². The molecule has 0 saturated carbocycles. The van der Waals surface area contributed by atoms with Crippen LogP contribution in [0.5, 0.6) is 0 Å². The largest absolute Gasteiger partial charge is 0.480 e. The molecule has 0 aliphatic carbocycles. The Labute approximate surface area is 139 Å². The summed E-state index contributed by atoms with van der Waals surface area (Å²) in [6.07, 6.45) is -1.12. The first-order valence-electron chi connectivity index (χ1n) is 7.41. The Hall–Kier alpha value is -1.89.